The molecule has 0 aliphatic heterocycles. The van der Waals surface area contributed by atoms with Crippen LogP contribution in [0.3, 0.4) is 0 Å². The number of hydrogen-bond acceptors (Lipinski definition) is 3. The molecule has 0 aromatic heterocycles. The van der Waals surface area contributed by atoms with Gasteiger partial charge in [-0.05, 0) is 25.9 Å². The zero-order valence-corrected chi connectivity index (χ0v) is 12.8. The highest BCUT2D eigenvalue weighted by atomic mass is 16.5. The van der Waals surface area contributed by atoms with E-state index in [9.17, 15) is 0 Å². The number of nitrogens with one attached hydrogen (secondary N) is 2. The highest BCUT2D eigenvalue weighted by molar-refractivity contribution is 4.88. The summed E-state index contributed by atoms with van der Waals surface area (Å²) in [7, 11) is 0. The van der Waals surface area contributed by atoms with Crippen molar-refractivity contribution in [2.45, 2.75) is 51.6 Å². The first kappa shape index (κ1) is 18.4. The van der Waals surface area contributed by atoms with Crippen LogP contribution < -0.4 is 10.6 Å². The van der Waals surface area contributed by atoms with Crippen LogP contribution in [0.2, 0.25) is 0 Å². The summed E-state index contributed by atoms with van der Waals surface area (Å²) >= 11 is 0. The van der Waals surface area contributed by atoms with Crippen LogP contribution >= 0.6 is 0 Å². The van der Waals surface area contributed by atoms with Crippen molar-refractivity contribution in [2.75, 3.05) is 26.3 Å². The second-order valence-corrected chi connectivity index (χ2v) is 4.84. The van der Waals surface area contributed by atoms with Gasteiger partial charge in [0.15, 0.2) is 0 Å². The van der Waals surface area contributed by atoms with Gasteiger partial charge in [-0.3, -0.25) is 0 Å². The number of hydrogen-bond donors (Lipinski definition) is 2. The Kier molecular flexibility index (Phi) is 13.3. The van der Waals surface area contributed by atoms with Gasteiger partial charge in [-0.15, -0.1) is 13.2 Å². The highest BCUT2D eigenvalue weighted by Gasteiger charge is 2.06. The van der Waals surface area contributed by atoms with Crippen LogP contribution in [0.25, 0.3) is 0 Å². The molecular formula is C16H32N2O. The highest BCUT2D eigenvalue weighted by Crippen LogP contribution is 1.94. The Balaban J connectivity index is 3.70. The third-order valence-electron chi connectivity index (χ3n) is 3.04. The van der Waals surface area contributed by atoms with Crippen LogP contribution in [0, 0.1) is 0 Å². The summed E-state index contributed by atoms with van der Waals surface area (Å²) < 4.78 is 5.73. The molecule has 3 heteroatoms. The average molecular weight is 268 g/mol. The Labute approximate surface area is 119 Å². The molecule has 0 saturated heterocycles. The van der Waals surface area contributed by atoms with E-state index in [1.165, 1.54) is 25.7 Å². The molecule has 0 amide bonds. The van der Waals surface area contributed by atoms with Crippen LogP contribution in [0.4, 0.5) is 0 Å². The molecular weight excluding hydrogens is 236 g/mol. The molecule has 0 bridgehead atoms. The molecule has 3 nitrogen and oxygen atoms in total. The van der Waals surface area contributed by atoms with Gasteiger partial charge in [-0.25, -0.2) is 0 Å². The molecule has 0 aromatic carbocycles. The molecule has 19 heavy (non-hydrogen) atoms. The first-order valence-corrected chi connectivity index (χ1v) is 7.58. The molecule has 0 aromatic rings. The van der Waals surface area contributed by atoms with E-state index in [0.29, 0.717) is 13.2 Å². The van der Waals surface area contributed by atoms with E-state index in [1.54, 1.807) is 0 Å². The zero-order chi connectivity index (χ0) is 14.3. The predicted octanol–water partition coefficient (Wildman–Crippen LogP) is 2.89. The minimum Gasteiger partial charge on any atom is -0.378 e. The van der Waals surface area contributed by atoms with Gasteiger partial charge in [-0.1, -0.05) is 38.8 Å². The lowest BCUT2D eigenvalue weighted by molar-refractivity contribution is 0.110. The molecule has 0 aliphatic rings. The topological polar surface area (TPSA) is 33.3 Å². The fourth-order valence-corrected chi connectivity index (χ4v) is 1.67. The maximum atomic E-state index is 5.73. The SMILES string of the molecule is C=CC(COCC(C=C)NCCCC)NCCCC. The molecule has 2 atom stereocenters. The maximum absolute atomic E-state index is 5.73. The smallest absolute Gasteiger partial charge is 0.0656 e. The molecule has 112 valence electrons. The second kappa shape index (κ2) is 13.8. The van der Waals surface area contributed by atoms with E-state index in [2.05, 4.69) is 37.6 Å². The van der Waals surface area contributed by atoms with E-state index in [0.717, 1.165) is 13.1 Å². The Hall–Kier alpha value is -0.640. The van der Waals surface area contributed by atoms with Crippen molar-refractivity contribution in [1.82, 2.24) is 10.6 Å². The largest absolute Gasteiger partial charge is 0.378 e. The quantitative estimate of drug-likeness (QED) is 0.375. The summed E-state index contributed by atoms with van der Waals surface area (Å²) in [4.78, 5) is 0. The summed E-state index contributed by atoms with van der Waals surface area (Å²) in [6.07, 6.45) is 8.64. The third kappa shape index (κ3) is 10.9. The minimum absolute atomic E-state index is 0.243. The number of unbranched alkanes of at least 4 members (excludes halogenated alkanes) is 2. The van der Waals surface area contributed by atoms with Crippen molar-refractivity contribution in [3.8, 4) is 0 Å². The van der Waals surface area contributed by atoms with Gasteiger partial charge in [0, 0.05) is 12.1 Å². The second-order valence-electron chi connectivity index (χ2n) is 4.84. The molecule has 0 fully saturated rings. The van der Waals surface area contributed by atoms with Gasteiger partial charge in [-0.2, -0.15) is 0 Å². The lowest BCUT2D eigenvalue weighted by Gasteiger charge is -2.18. The van der Waals surface area contributed by atoms with Crippen LogP contribution in [-0.4, -0.2) is 38.4 Å². The monoisotopic (exact) mass is 268 g/mol. The van der Waals surface area contributed by atoms with E-state index in [-0.39, 0.29) is 12.1 Å². The normalized spacial score (nSPS) is 14.0. The van der Waals surface area contributed by atoms with Crippen molar-refractivity contribution in [3.63, 3.8) is 0 Å². The zero-order valence-electron chi connectivity index (χ0n) is 12.8. The molecule has 0 heterocycles. The lowest BCUT2D eigenvalue weighted by atomic mass is 10.2. The molecule has 0 spiro atoms. The van der Waals surface area contributed by atoms with Crippen molar-refractivity contribution >= 4 is 0 Å². The fourth-order valence-electron chi connectivity index (χ4n) is 1.67. The fraction of sp³-hybridized carbons (Fsp3) is 0.750. The third-order valence-corrected chi connectivity index (χ3v) is 3.04. The number of ether oxygens (including phenoxy) is 1. The van der Waals surface area contributed by atoms with Crippen LogP contribution in [0.15, 0.2) is 25.3 Å². The van der Waals surface area contributed by atoms with E-state index >= 15 is 0 Å². The van der Waals surface area contributed by atoms with Gasteiger partial charge < -0.3 is 15.4 Å². The van der Waals surface area contributed by atoms with Gasteiger partial charge in [0.05, 0.1) is 13.2 Å². The standard InChI is InChI=1S/C16H32N2O/c1-5-9-11-17-15(7-3)13-19-14-16(8-4)18-12-10-6-2/h7-8,15-18H,3-6,9-14H2,1-2H3. The van der Waals surface area contributed by atoms with Crippen LogP contribution in [0.5, 0.6) is 0 Å². The Bertz CT molecular complexity index is 197. The molecule has 0 radical (unpaired) electrons. The summed E-state index contributed by atoms with van der Waals surface area (Å²) in [5.74, 6) is 0. The Morgan fingerprint density at radius 3 is 1.63 bits per heavy atom. The number of rotatable bonds is 14. The molecule has 0 saturated carbocycles. The van der Waals surface area contributed by atoms with Gasteiger partial charge in [0.1, 0.15) is 0 Å². The summed E-state index contributed by atoms with van der Waals surface area (Å²) in [5.41, 5.74) is 0. The molecule has 2 unspecified atom stereocenters. The lowest BCUT2D eigenvalue weighted by Crippen LogP contribution is -2.36. The van der Waals surface area contributed by atoms with Crippen molar-refractivity contribution < 1.29 is 4.74 Å². The van der Waals surface area contributed by atoms with Crippen molar-refractivity contribution in [2.24, 2.45) is 0 Å². The summed E-state index contributed by atoms with van der Waals surface area (Å²) in [6, 6.07) is 0.486. The summed E-state index contributed by atoms with van der Waals surface area (Å²) in [6.45, 7) is 15.5. The molecule has 2 N–H and O–H groups in total. The van der Waals surface area contributed by atoms with E-state index < -0.39 is 0 Å². The van der Waals surface area contributed by atoms with Crippen LogP contribution in [-0.2, 0) is 4.74 Å². The maximum Gasteiger partial charge on any atom is 0.0656 e. The molecule has 0 rings (SSSR count). The Morgan fingerprint density at radius 1 is 0.895 bits per heavy atom. The minimum atomic E-state index is 0.243. The Morgan fingerprint density at radius 2 is 1.32 bits per heavy atom. The molecule has 0 aliphatic carbocycles. The van der Waals surface area contributed by atoms with Crippen molar-refractivity contribution in [3.05, 3.63) is 25.3 Å². The van der Waals surface area contributed by atoms with E-state index in [4.69, 9.17) is 4.74 Å². The van der Waals surface area contributed by atoms with Gasteiger partial charge in [0.25, 0.3) is 0 Å². The van der Waals surface area contributed by atoms with Gasteiger partial charge >= 0.3 is 0 Å². The first-order valence-electron chi connectivity index (χ1n) is 7.58. The summed E-state index contributed by atoms with van der Waals surface area (Å²) in [5, 5.41) is 6.85. The van der Waals surface area contributed by atoms with Crippen molar-refractivity contribution in [1.29, 1.82) is 0 Å². The predicted molar refractivity (Wildman–Crippen MR) is 84.6 cm³/mol. The van der Waals surface area contributed by atoms with Crippen LogP contribution in [0.1, 0.15) is 39.5 Å². The average Bonchev–Trinajstić information content (AvgIpc) is 2.44. The first-order chi connectivity index (χ1) is 9.28. The van der Waals surface area contributed by atoms with Gasteiger partial charge in [0.2, 0.25) is 0 Å². The van der Waals surface area contributed by atoms with E-state index in [1.807, 2.05) is 12.2 Å².